The van der Waals surface area contributed by atoms with Crippen molar-refractivity contribution in [2.24, 2.45) is 0 Å². The van der Waals surface area contributed by atoms with Gasteiger partial charge in [-0.2, -0.15) is 0 Å². The number of hydrogen-bond acceptors (Lipinski definition) is 9. The molecule has 1 atom stereocenters. The van der Waals surface area contributed by atoms with E-state index in [1.165, 1.54) is 11.9 Å². The van der Waals surface area contributed by atoms with Crippen LogP contribution in [0.2, 0.25) is 0 Å². The first-order valence-electron chi connectivity index (χ1n) is 12.6. The lowest BCUT2D eigenvalue weighted by Crippen LogP contribution is -2.28. The topological polar surface area (TPSA) is 109 Å². The Balaban J connectivity index is 1.82. The lowest BCUT2D eigenvalue weighted by atomic mass is 10.1. The third-order valence-corrected chi connectivity index (χ3v) is 7.14. The molecular formula is C29H30BrN5O5. The van der Waals surface area contributed by atoms with E-state index in [-0.39, 0.29) is 17.9 Å². The van der Waals surface area contributed by atoms with E-state index in [1.54, 1.807) is 39.5 Å². The van der Waals surface area contributed by atoms with E-state index in [1.807, 2.05) is 53.4 Å². The molecule has 0 saturated heterocycles. The number of pyridine rings is 1. The van der Waals surface area contributed by atoms with E-state index >= 15 is 0 Å². The second-order valence-electron chi connectivity index (χ2n) is 8.82. The third kappa shape index (κ3) is 6.66. The maximum atomic E-state index is 13.6. The fourth-order valence-corrected chi connectivity index (χ4v) is 4.52. The summed E-state index contributed by atoms with van der Waals surface area (Å²) in [4.78, 5) is 32.5. The number of anilines is 1. The Bertz CT molecular complexity index is 1410. The maximum Gasteiger partial charge on any atom is 0.215 e. The minimum atomic E-state index is -1.04. The highest BCUT2D eigenvalue weighted by Crippen LogP contribution is 2.27. The normalized spacial score (nSPS) is 11.5. The molecule has 2 aromatic heterocycles. The van der Waals surface area contributed by atoms with Gasteiger partial charge >= 0.3 is 0 Å². The van der Waals surface area contributed by atoms with E-state index in [2.05, 4.69) is 26.0 Å². The summed E-state index contributed by atoms with van der Waals surface area (Å²) in [6.45, 7) is 2.53. The van der Waals surface area contributed by atoms with Crippen LogP contribution < -0.4 is 19.1 Å². The Morgan fingerprint density at radius 3 is 1.95 bits per heavy atom. The molecule has 4 rings (SSSR count). The second-order valence-corrected chi connectivity index (χ2v) is 9.73. The van der Waals surface area contributed by atoms with Crippen molar-refractivity contribution in [3.63, 3.8) is 0 Å². The van der Waals surface area contributed by atoms with Crippen LogP contribution in [0.3, 0.4) is 0 Å². The Labute approximate surface area is 241 Å². The Morgan fingerprint density at radius 1 is 0.875 bits per heavy atom. The average molecular weight is 608 g/mol. The number of alkyl halides is 1. The number of benzene rings is 2. The molecule has 0 aliphatic rings. The van der Waals surface area contributed by atoms with Crippen molar-refractivity contribution in [1.82, 2.24) is 20.0 Å². The summed E-state index contributed by atoms with van der Waals surface area (Å²) < 4.78 is 15.9. The molecule has 0 amide bonds. The zero-order valence-electron chi connectivity index (χ0n) is 22.7. The van der Waals surface area contributed by atoms with Gasteiger partial charge in [-0.05, 0) is 41.5 Å². The first-order valence-corrected chi connectivity index (χ1v) is 13.5. The van der Waals surface area contributed by atoms with Crippen LogP contribution in [0.25, 0.3) is 5.69 Å². The third-order valence-electron chi connectivity index (χ3n) is 6.21. The summed E-state index contributed by atoms with van der Waals surface area (Å²) in [7, 11) is 4.74. The fourth-order valence-electron chi connectivity index (χ4n) is 3.98. The summed E-state index contributed by atoms with van der Waals surface area (Å²) in [6.07, 6.45) is 1.77. The summed E-state index contributed by atoms with van der Waals surface area (Å²) in [5, 5.41) is 9.31. The highest BCUT2D eigenvalue weighted by Gasteiger charge is 2.31. The Morgan fingerprint density at radius 2 is 1.45 bits per heavy atom. The van der Waals surface area contributed by atoms with Crippen LogP contribution in [0.4, 0.5) is 5.82 Å². The van der Waals surface area contributed by atoms with Crippen LogP contribution in [0.15, 0.2) is 66.9 Å². The van der Waals surface area contributed by atoms with E-state index < -0.39 is 10.6 Å². The minimum Gasteiger partial charge on any atom is -0.497 e. The molecule has 0 spiro atoms. The van der Waals surface area contributed by atoms with Crippen molar-refractivity contribution in [3.8, 4) is 23.1 Å². The number of carbonyl (C=O) groups is 2. The number of halogens is 1. The zero-order valence-corrected chi connectivity index (χ0v) is 24.3. The van der Waals surface area contributed by atoms with Gasteiger partial charge in [-0.25, -0.2) is 4.98 Å². The molecule has 40 heavy (non-hydrogen) atoms. The number of aromatic nitrogens is 4. The molecule has 11 heteroatoms. The monoisotopic (exact) mass is 607 g/mol. The molecule has 0 bridgehead atoms. The molecule has 0 fully saturated rings. The quantitative estimate of drug-likeness (QED) is 0.120. The van der Waals surface area contributed by atoms with E-state index in [0.29, 0.717) is 30.5 Å². The molecule has 0 saturated carbocycles. The van der Waals surface area contributed by atoms with Gasteiger partial charge in [0.25, 0.3) is 0 Å². The summed E-state index contributed by atoms with van der Waals surface area (Å²) in [5.74, 6) is 1.47. The van der Waals surface area contributed by atoms with E-state index in [0.717, 1.165) is 22.6 Å². The van der Waals surface area contributed by atoms with Crippen molar-refractivity contribution >= 4 is 33.3 Å². The van der Waals surface area contributed by atoms with Gasteiger partial charge in [-0.15, -0.1) is 15.0 Å². The first-order chi connectivity index (χ1) is 19.4. The number of Topliss-reactive ketones (excluding diaryl/α,β-unsaturated/α-hetero) is 2. The van der Waals surface area contributed by atoms with Crippen molar-refractivity contribution in [3.05, 3.63) is 83.7 Å². The molecule has 208 valence electrons. The minimum absolute atomic E-state index is 0.0708. The molecule has 0 aliphatic carbocycles. The van der Waals surface area contributed by atoms with Crippen LogP contribution in [0.1, 0.15) is 35.0 Å². The fraction of sp³-hybridized carbons (Fsp3) is 0.276. The number of methoxy groups -OCH3 is 3. The van der Waals surface area contributed by atoms with Gasteiger partial charge in [0.15, 0.2) is 17.3 Å². The lowest BCUT2D eigenvalue weighted by Gasteiger charge is -2.24. The van der Waals surface area contributed by atoms with Crippen molar-refractivity contribution in [2.75, 3.05) is 26.2 Å². The summed E-state index contributed by atoms with van der Waals surface area (Å²) in [5.41, 5.74) is 2.55. The number of carbonyl (C=O) groups excluding carboxylic acids is 2. The van der Waals surface area contributed by atoms with E-state index in [9.17, 15) is 9.59 Å². The van der Waals surface area contributed by atoms with Crippen molar-refractivity contribution < 1.29 is 23.8 Å². The van der Waals surface area contributed by atoms with Crippen LogP contribution >= 0.6 is 15.9 Å². The maximum absolute atomic E-state index is 13.6. The molecule has 10 nitrogen and oxygen atoms in total. The molecule has 2 heterocycles. The van der Waals surface area contributed by atoms with Gasteiger partial charge in [-0.3, -0.25) is 9.59 Å². The highest BCUT2D eigenvalue weighted by atomic mass is 79.9. The van der Waals surface area contributed by atoms with Crippen molar-refractivity contribution in [2.45, 2.75) is 31.3 Å². The number of hydrogen-bond donors (Lipinski definition) is 0. The van der Waals surface area contributed by atoms with Crippen LogP contribution in [-0.4, -0.2) is 57.7 Å². The average Bonchev–Trinajstić information content (AvgIpc) is 3.46. The second kappa shape index (κ2) is 13.2. The summed E-state index contributed by atoms with van der Waals surface area (Å²) >= 11 is 3.29. The van der Waals surface area contributed by atoms with Crippen LogP contribution in [0, 0.1) is 0 Å². The summed E-state index contributed by atoms with van der Waals surface area (Å²) in [6, 6.07) is 18.7. The standard InChI is InChI=1S/C29H30BrN5O5/c1-5-24(36)26(30)28(37)27-29(33-35(32-27)21-14-15-31-25(16-21)40-4)34(17-19-6-10-22(38-2)11-7-19)18-20-8-12-23(39-3)13-9-20/h6-16,26H,5,17-18H2,1-4H3. The number of ether oxygens (including phenoxy) is 3. The van der Waals surface area contributed by atoms with E-state index in [4.69, 9.17) is 19.3 Å². The smallest absolute Gasteiger partial charge is 0.215 e. The first kappa shape index (κ1) is 28.8. The number of ketones is 2. The van der Waals surface area contributed by atoms with Gasteiger partial charge in [0, 0.05) is 31.8 Å². The van der Waals surface area contributed by atoms with Crippen molar-refractivity contribution in [1.29, 1.82) is 0 Å². The van der Waals surface area contributed by atoms with Crippen LogP contribution in [-0.2, 0) is 17.9 Å². The lowest BCUT2D eigenvalue weighted by molar-refractivity contribution is -0.117. The Kier molecular flexibility index (Phi) is 9.49. The molecule has 0 aliphatic heterocycles. The predicted molar refractivity (Wildman–Crippen MR) is 154 cm³/mol. The van der Waals surface area contributed by atoms with Gasteiger partial charge in [0.2, 0.25) is 11.7 Å². The van der Waals surface area contributed by atoms with Gasteiger partial charge in [0.05, 0.1) is 27.0 Å². The molecular weight excluding hydrogens is 578 g/mol. The largest absolute Gasteiger partial charge is 0.497 e. The van der Waals surface area contributed by atoms with Gasteiger partial charge < -0.3 is 19.1 Å². The molecule has 1 unspecified atom stereocenters. The van der Waals surface area contributed by atoms with Gasteiger partial charge in [-0.1, -0.05) is 47.1 Å². The van der Waals surface area contributed by atoms with Gasteiger partial charge in [0.1, 0.15) is 16.3 Å². The molecule has 0 radical (unpaired) electrons. The molecule has 2 aromatic carbocycles. The number of rotatable bonds is 13. The predicted octanol–water partition coefficient (Wildman–Crippen LogP) is 4.82. The SMILES string of the molecule is CCC(=O)C(Br)C(=O)c1nn(-c2ccnc(OC)c2)nc1N(Cc1ccc(OC)cc1)Cc1ccc(OC)cc1. The Hall–Kier alpha value is -4.25. The van der Waals surface area contributed by atoms with Crippen LogP contribution in [0.5, 0.6) is 17.4 Å². The zero-order chi connectivity index (χ0) is 28.6. The highest BCUT2D eigenvalue weighted by molar-refractivity contribution is 9.10. The molecule has 0 N–H and O–H groups in total. The molecule has 4 aromatic rings. The number of nitrogens with zero attached hydrogens (tertiary/aromatic N) is 5.